The second kappa shape index (κ2) is 4.92. The van der Waals surface area contributed by atoms with Crippen molar-refractivity contribution in [2.75, 3.05) is 11.9 Å². The normalized spacial score (nSPS) is 10.6. The zero-order valence-electron chi connectivity index (χ0n) is 10.3. The number of amides is 1. The molecule has 2 aromatic heterocycles. The summed E-state index contributed by atoms with van der Waals surface area (Å²) in [6.45, 7) is 0.254. The molecule has 0 aliphatic rings. The Labute approximate surface area is 108 Å². The van der Waals surface area contributed by atoms with Gasteiger partial charge < -0.3 is 16.2 Å². The van der Waals surface area contributed by atoms with Crippen molar-refractivity contribution in [3.63, 3.8) is 0 Å². The quantitative estimate of drug-likeness (QED) is 0.695. The van der Waals surface area contributed by atoms with Gasteiger partial charge in [-0.1, -0.05) is 0 Å². The van der Waals surface area contributed by atoms with Crippen molar-refractivity contribution in [3.8, 4) is 0 Å². The second-order valence-corrected chi connectivity index (χ2v) is 4.00. The zero-order chi connectivity index (χ0) is 14.0. The topological polar surface area (TPSA) is 123 Å². The van der Waals surface area contributed by atoms with E-state index in [0.717, 1.165) is 0 Å². The molecule has 0 spiro atoms. The lowest BCUT2D eigenvalue weighted by Gasteiger charge is -2.09. The maximum absolute atomic E-state index is 11.2. The number of hydrogen-bond donors (Lipinski definition) is 3. The van der Waals surface area contributed by atoms with E-state index in [4.69, 9.17) is 10.8 Å². The van der Waals surface area contributed by atoms with Crippen LogP contribution in [0.4, 0.5) is 5.69 Å². The van der Waals surface area contributed by atoms with Crippen molar-refractivity contribution in [1.29, 1.82) is 0 Å². The number of carbonyl (C=O) groups excluding carboxylic acids is 1. The summed E-state index contributed by atoms with van der Waals surface area (Å²) in [5.41, 5.74) is 6.04. The number of fused-ring (bicyclic) bond motifs is 1. The van der Waals surface area contributed by atoms with E-state index < -0.39 is 11.9 Å². The number of aryl methyl sites for hydroxylation is 1. The highest BCUT2D eigenvalue weighted by Crippen LogP contribution is 2.25. The molecule has 4 N–H and O–H groups in total. The van der Waals surface area contributed by atoms with E-state index in [-0.39, 0.29) is 18.5 Å². The standard InChI is InChI=1S/C11H13N5O3/c1-16-10-6(5-15-16)9(13-3-2-8(12)17)7(4-14-10)11(18)19/h4-5H,2-3H2,1H3,(H2,12,17)(H,13,14)(H,18,19). The molecule has 2 heterocycles. The summed E-state index contributed by atoms with van der Waals surface area (Å²) in [6, 6.07) is 0. The summed E-state index contributed by atoms with van der Waals surface area (Å²) in [5.74, 6) is -1.55. The first-order valence-corrected chi connectivity index (χ1v) is 5.57. The van der Waals surface area contributed by atoms with Crippen LogP contribution in [-0.2, 0) is 11.8 Å². The maximum Gasteiger partial charge on any atom is 0.339 e. The van der Waals surface area contributed by atoms with Gasteiger partial charge in [0, 0.05) is 26.2 Å². The fourth-order valence-electron chi connectivity index (χ4n) is 1.76. The summed E-state index contributed by atoms with van der Waals surface area (Å²) < 4.78 is 1.54. The predicted octanol–water partition coefficient (Wildman–Crippen LogP) is -0.0462. The Balaban J connectivity index is 2.43. The van der Waals surface area contributed by atoms with E-state index in [1.165, 1.54) is 12.4 Å². The van der Waals surface area contributed by atoms with Crippen LogP contribution in [0.1, 0.15) is 16.8 Å². The molecule has 0 bridgehead atoms. The van der Waals surface area contributed by atoms with Crippen molar-refractivity contribution in [3.05, 3.63) is 18.0 Å². The van der Waals surface area contributed by atoms with E-state index in [9.17, 15) is 9.59 Å². The lowest BCUT2D eigenvalue weighted by Crippen LogP contribution is -2.17. The number of nitrogens with zero attached hydrogens (tertiary/aromatic N) is 3. The van der Waals surface area contributed by atoms with E-state index >= 15 is 0 Å². The summed E-state index contributed by atoms with van der Waals surface area (Å²) in [6.07, 6.45) is 2.91. The molecular formula is C11H13N5O3. The number of nitrogens with two attached hydrogens (primary N) is 1. The minimum atomic E-state index is -1.10. The Morgan fingerprint density at radius 3 is 2.84 bits per heavy atom. The third-order valence-corrected chi connectivity index (χ3v) is 2.67. The molecule has 8 nitrogen and oxygen atoms in total. The molecular weight excluding hydrogens is 250 g/mol. The highest BCUT2D eigenvalue weighted by molar-refractivity contribution is 6.03. The maximum atomic E-state index is 11.2. The van der Waals surface area contributed by atoms with Crippen LogP contribution in [-0.4, -0.2) is 38.3 Å². The first-order chi connectivity index (χ1) is 9.00. The van der Waals surface area contributed by atoms with Gasteiger partial charge in [-0.05, 0) is 0 Å². The molecule has 2 aromatic rings. The number of aromatic carboxylic acids is 1. The molecule has 19 heavy (non-hydrogen) atoms. The number of primary amides is 1. The number of pyridine rings is 1. The van der Waals surface area contributed by atoms with E-state index in [2.05, 4.69) is 15.4 Å². The highest BCUT2D eigenvalue weighted by atomic mass is 16.4. The molecule has 0 atom stereocenters. The molecule has 0 aliphatic heterocycles. The summed E-state index contributed by atoms with van der Waals surface area (Å²) in [4.78, 5) is 25.9. The fraction of sp³-hybridized carbons (Fsp3) is 0.273. The Hall–Kier alpha value is -2.64. The van der Waals surface area contributed by atoms with Gasteiger partial charge in [-0.2, -0.15) is 5.10 Å². The van der Waals surface area contributed by atoms with Crippen LogP contribution in [0.2, 0.25) is 0 Å². The molecule has 2 rings (SSSR count). The monoisotopic (exact) mass is 263 g/mol. The van der Waals surface area contributed by atoms with Crippen LogP contribution < -0.4 is 11.1 Å². The minimum absolute atomic E-state index is 0.0324. The van der Waals surface area contributed by atoms with Crippen molar-refractivity contribution in [2.24, 2.45) is 12.8 Å². The van der Waals surface area contributed by atoms with Crippen molar-refractivity contribution in [1.82, 2.24) is 14.8 Å². The van der Waals surface area contributed by atoms with Crippen LogP contribution in [0.25, 0.3) is 11.0 Å². The lowest BCUT2D eigenvalue weighted by molar-refractivity contribution is -0.117. The van der Waals surface area contributed by atoms with Crippen molar-refractivity contribution < 1.29 is 14.7 Å². The number of carbonyl (C=O) groups is 2. The SMILES string of the molecule is Cn1ncc2c(NCCC(N)=O)c(C(=O)O)cnc21. The Kier molecular flexibility index (Phi) is 3.32. The molecule has 100 valence electrons. The molecule has 0 aromatic carbocycles. The molecule has 0 fully saturated rings. The van der Waals surface area contributed by atoms with Gasteiger partial charge in [0.15, 0.2) is 5.65 Å². The Bertz CT molecular complexity index is 649. The number of carboxylic acid groups (broad SMARTS) is 1. The molecule has 0 saturated heterocycles. The Morgan fingerprint density at radius 1 is 1.47 bits per heavy atom. The molecule has 8 heteroatoms. The van der Waals surface area contributed by atoms with Crippen LogP contribution in [0, 0.1) is 0 Å². The fourth-order valence-corrected chi connectivity index (χ4v) is 1.76. The number of hydrogen-bond acceptors (Lipinski definition) is 5. The number of carboxylic acids is 1. The van der Waals surface area contributed by atoms with Crippen LogP contribution >= 0.6 is 0 Å². The predicted molar refractivity (Wildman–Crippen MR) is 67.8 cm³/mol. The van der Waals surface area contributed by atoms with Crippen LogP contribution in [0.15, 0.2) is 12.4 Å². The first-order valence-electron chi connectivity index (χ1n) is 5.57. The average Bonchev–Trinajstić information content (AvgIpc) is 2.71. The van der Waals surface area contributed by atoms with Crippen LogP contribution in [0.3, 0.4) is 0 Å². The van der Waals surface area contributed by atoms with E-state index in [1.807, 2.05) is 0 Å². The molecule has 0 aliphatic carbocycles. The number of aromatic nitrogens is 3. The minimum Gasteiger partial charge on any atom is -0.478 e. The van der Waals surface area contributed by atoms with E-state index in [0.29, 0.717) is 16.7 Å². The summed E-state index contributed by atoms with van der Waals surface area (Å²) in [7, 11) is 1.71. The van der Waals surface area contributed by atoms with Gasteiger partial charge in [-0.25, -0.2) is 9.78 Å². The average molecular weight is 263 g/mol. The van der Waals surface area contributed by atoms with Crippen molar-refractivity contribution >= 4 is 28.6 Å². The Morgan fingerprint density at radius 2 is 2.21 bits per heavy atom. The summed E-state index contributed by atoms with van der Waals surface area (Å²) >= 11 is 0. The van der Waals surface area contributed by atoms with Gasteiger partial charge in [0.05, 0.1) is 17.3 Å². The molecule has 0 radical (unpaired) electrons. The number of rotatable bonds is 5. The first kappa shape index (κ1) is 12.8. The van der Waals surface area contributed by atoms with Crippen molar-refractivity contribution in [2.45, 2.75) is 6.42 Å². The van der Waals surface area contributed by atoms with Gasteiger partial charge in [0.25, 0.3) is 0 Å². The molecule has 0 saturated carbocycles. The van der Waals surface area contributed by atoms with Gasteiger partial charge in [-0.3, -0.25) is 9.48 Å². The third-order valence-electron chi connectivity index (χ3n) is 2.67. The number of anilines is 1. The van der Waals surface area contributed by atoms with Gasteiger partial charge >= 0.3 is 5.97 Å². The third kappa shape index (κ3) is 2.46. The van der Waals surface area contributed by atoms with Gasteiger partial charge in [0.2, 0.25) is 5.91 Å². The molecule has 1 amide bonds. The highest BCUT2D eigenvalue weighted by Gasteiger charge is 2.16. The second-order valence-electron chi connectivity index (χ2n) is 4.00. The summed E-state index contributed by atoms with van der Waals surface area (Å²) in [5, 5.41) is 16.7. The molecule has 0 unspecified atom stereocenters. The smallest absolute Gasteiger partial charge is 0.339 e. The zero-order valence-corrected chi connectivity index (χ0v) is 10.3. The van der Waals surface area contributed by atoms with E-state index in [1.54, 1.807) is 11.7 Å². The van der Waals surface area contributed by atoms with Gasteiger partial charge in [0.1, 0.15) is 5.56 Å². The van der Waals surface area contributed by atoms with Crippen LogP contribution in [0.5, 0.6) is 0 Å². The van der Waals surface area contributed by atoms with Gasteiger partial charge in [-0.15, -0.1) is 0 Å². The number of nitrogens with one attached hydrogen (secondary N) is 1. The lowest BCUT2D eigenvalue weighted by atomic mass is 10.2. The largest absolute Gasteiger partial charge is 0.478 e.